The number of likely N-dealkylation sites (tertiary alicyclic amines) is 1. The predicted molar refractivity (Wildman–Crippen MR) is 110 cm³/mol. The fourth-order valence-electron chi connectivity index (χ4n) is 4.03. The van der Waals surface area contributed by atoms with Gasteiger partial charge >= 0.3 is 0 Å². The minimum absolute atomic E-state index is 0.632. The van der Waals surface area contributed by atoms with Crippen molar-refractivity contribution < 1.29 is 4.42 Å². The quantitative estimate of drug-likeness (QED) is 0.508. The van der Waals surface area contributed by atoms with Crippen molar-refractivity contribution in [1.29, 1.82) is 0 Å². The molecule has 1 fully saturated rings. The Bertz CT molecular complexity index is 1080. The Morgan fingerprint density at radius 1 is 1.04 bits per heavy atom. The maximum Gasteiger partial charge on any atom is 0.226 e. The highest BCUT2D eigenvalue weighted by atomic mass is 16.4. The smallest absolute Gasteiger partial charge is 0.226 e. The summed E-state index contributed by atoms with van der Waals surface area (Å²) >= 11 is 0. The van der Waals surface area contributed by atoms with Gasteiger partial charge in [0.05, 0.1) is 30.1 Å². The van der Waals surface area contributed by atoms with E-state index in [1.807, 2.05) is 30.7 Å². The van der Waals surface area contributed by atoms with Crippen molar-refractivity contribution in [2.24, 2.45) is 0 Å². The lowest BCUT2D eigenvalue weighted by molar-refractivity contribution is 0.239. The number of imidazole rings is 1. The van der Waals surface area contributed by atoms with E-state index in [0.29, 0.717) is 11.9 Å². The molecule has 0 bridgehead atoms. The number of nitrogens with zero attached hydrogens (tertiary/aromatic N) is 4. The lowest BCUT2D eigenvalue weighted by Crippen LogP contribution is -2.25. The maximum atomic E-state index is 6.02. The van der Waals surface area contributed by atoms with Crippen molar-refractivity contribution in [2.75, 3.05) is 6.54 Å². The molecule has 1 aliphatic rings. The number of hydrogen-bond acceptors (Lipinski definition) is 4. The first-order valence-electron chi connectivity index (χ1n) is 9.94. The molecule has 0 radical (unpaired) electrons. The van der Waals surface area contributed by atoms with Crippen LogP contribution in [0.3, 0.4) is 0 Å². The average Bonchev–Trinajstić information content (AvgIpc) is 3.45. The van der Waals surface area contributed by atoms with Gasteiger partial charge < -0.3 is 8.98 Å². The van der Waals surface area contributed by atoms with Crippen LogP contribution >= 0.6 is 0 Å². The molecule has 1 atom stereocenters. The van der Waals surface area contributed by atoms with Crippen molar-refractivity contribution in [1.82, 2.24) is 19.4 Å². The summed E-state index contributed by atoms with van der Waals surface area (Å²) in [4.78, 5) is 11.4. The third-order valence-corrected chi connectivity index (χ3v) is 5.68. The van der Waals surface area contributed by atoms with Crippen molar-refractivity contribution in [3.8, 4) is 11.5 Å². The molecule has 0 amide bonds. The molecule has 0 spiro atoms. The standard InChI is InChI=1S/C23H24N4O/c1-17-5-4-12-26(17)15-20-13-24-23(28-20)19-10-8-18(9-11-19)14-27-16-25-21-6-2-3-7-22(21)27/h2-3,6-11,13,16-17H,4-5,12,14-15H2,1H3. The Balaban J connectivity index is 1.30. The van der Waals surface area contributed by atoms with Crippen LogP contribution in [-0.2, 0) is 13.1 Å². The number of benzene rings is 2. The first kappa shape index (κ1) is 17.2. The average molecular weight is 372 g/mol. The molecular weight excluding hydrogens is 348 g/mol. The Morgan fingerprint density at radius 2 is 1.89 bits per heavy atom. The molecule has 0 N–H and O–H groups in total. The minimum atomic E-state index is 0.632. The first-order chi connectivity index (χ1) is 13.8. The van der Waals surface area contributed by atoms with E-state index in [9.17, 15) is 0 Å². The molecule has 1 aliphatic heterocycles. The van der Waals surface area contributed by atoms with Gasteiger partial charge in [-0.1, -0.05) is 24.3 Å². The third kappa shape index (κ3) is 3.34. The van der Waals surface area contributed by atoms with E-state index in [0.717, 1.165) is 42.0 Å². The van der Waals surface area contributed by atoms with Gasteiger partial charge in [-0.3, -0.25) is 4.90 Å². The fraction of sp³-hybridized carbons (Fsp3) is 0.304. The zero-order valence-electron chi connectivity index (χ0n) is 16.1. The van der Waals surface area contributed by atoms with Crippen molar-refractivity contribution in [3.63, 3.8) is 0 Å². The second-order valence-corrected chi connectivity index (χ2v) is 7.65. The van der Waals surface area contributed by atoms with E-state index in [-0.39, 0.29) is 0 Å². The van der Waals surface area contributed by atoms with E-state index in [2.05, 4.69) is 56.7 Å². The zero-order chi connectivity index (χ0) is 18.9. The second kappa shape index (κ2) is 7.24. The second-order valence-electron chi connectivity index (χ2n) is 7.65. The molecule has 0 aliphatic carbocycles. The summed E-state index contributed by atoms with van der Waals surface area (Å²) in [5, 5.41) is 0. The Kier molecular flexibility index (Phi) is 4.45. The van der Waals surface area contributed by atoms with Gasteiger partial charge in [-0.25, -0.2) is 9.97 Å². The topological polar surface area (TPSA) is 47.1 Å². The van der Waals surface area contributed by atoms with Gasteiger partial charge in [0.1, 0.15) is 5.76 Å². The maximum absolute atomic E-state index is 6.02. The van der Waals surface area contributed by atoms with Crippen LogP contribution in [0, 0.1) is 0 Å². The van der Waals surface area contributed by atoms with Crippen LogP contribution in [0.2, 0.25) is 0 Å². The number of aromatic nitrogens is 3. The molecule has 2 aromatic heterocycles. The molecule has 5 rings (SSSR count). The van der Waals surface area contributed by atoms with Gasteiger partial charge in [-0.05, 0) is 56.1 Å². The normalized spacial score (nSPS) is 17.5. The van der Waals surface area contributed by atoms with Crippen LogP contribution < -0.4 is 0 Å². The van der Waals surface area contributed by atoms with Crippen molar-refractivity contribution >= 4 is 11.0 Å². The van der Waals surface area contributed by atoms with Crippen LogP contribution in [0.4, 0.5) is 0 Å². The lowest BCUT2D eigenvalue weighted by atomic mass is 10.1. The van der Waals surface area contributed by atoms with E-state index >= 15 is 0 Å². The number of fused-ring (bicyclic) bond motifs is 1. The van der Waals surface area contributed by atoms with E-state index < -0.39 is 0 Å². The van der Waals surface area contributed by atoms with E-state index in [1.165, 1.54) is 18.4 Å². The van der Waals surface area contributed by atoms with Crippen LogP contribution in [0.15, 0.2) is 65.5 Å². The highest BCUT2D eigenvalue weighted by Crippen LogP contribution is 2.24. The number of oxazole rings is 1. The molecule has 4 aromatic rings. The number of para-hydroxylation sites is 2. The van der Waals surface area contributed by atoms with Crippen LogP contribution in [0.5, 0.6) is 0 Å². The molecule has 1 unspecified atom stereocenters. The third-order valence-electron chi connectivity index (χ3n) is 5.68. The Labute approximate surface area is 164 Å². The SMILES string of the molecule is CC1CCCN1Cc1cnc(-c2ccc(Cn3cnc4ccccc43)cc2)o1. The highest BCUT2D eigenvalue weighted by Gasteiger charge is 2.21. The molecular formula is C23H24N4O. The molecule has 5 nitrogen and oxygen atoms in total. The summed E-state index contributed by atoms with van der Waals surface area (Å²) in [5.74, 6) is 1.64. The zero-order valence-corrected chi connectivity index (χ0v) is 16.1. The van der Waals surface area contributed by atoms with Gasteiger partial charge in [0.25, 0.3) is 0 Å². The monoisotopic (exact) mass is 372 g/mol. The summed E-state index contributed by atoms with van der Waals surface area (Å²) in [6.45, 7) is 5.08. The Morgan fingerprint density at radius 3 is 2.71 bits per heavy atom. The molecule has 1 saturated heterocycles. The minimum Gasteiger partial charge on any atom is -0.440 e. The van der Waals surface area contributed by atoms with Gasteiger partial charge in [0.2, 0.25) is 5.89 Å². The molecule has 142 valence electrons. The highest BCUT2D eigenvalue weighted by molar-refractivity contribution is 5.75. The van der Waals surface area contributed by atoms with Crippen molar-refractivity contribution in [3.05, 3.63) is 72.4 Å². The summed E-state index contributed by atoms with van der Waals surface area (Å²) < 4.78 is 8.19. The van der Waals surface area contributed by atoms with Crippen LogP contribution in [0.1, 0.15) is 31.1 Å². The largest absolute Gasteiger partial charge is 0.440 e. The van der Waals surface area contributed by atoms with Gasteiger partial charge in [0.15, 0.2) is 0 Å². The number of rotatable bonds is 5. The summed E-state index contributed by atoms with van der Waals surface area (Å²) in [5.41, 5.74) is 4.42. The predicted octanol–water partition coefficient (Wildman–Crippen LogP) is 4.72. The first-order valence-corrected chi connectivity index (χ1v) is 9.94. The summed E-state index contributed by atoms with van der Waals surface area (Å²) in [6, 6.07) is 17.3. The molecule has 2 aromatic carbocycles. The van der Waals surface area contributed by atoms with Crippen molar-refractivity contribution in [2.45, 2.75) is 38.9 Å². The lowest BCUT2D eigenvalue weighted by Gasteiger charge is -2.18. The van der Waals surface area contributed by atoms with Crippen LogP contribution in [0.25, 0.3) is 22.5 Å². The summed E-state index contributed by atoms with van der Waals surface area (Å²) in [6.07, 6.45) is 6.31. The fourth-order valence-corrected chi connectivity index (χ4v) is 4.03. The van der Waals surface area contributed by atoms with E-state index in [4.69, 9.17) is 4.42 Å². The van der Waals surface area contributed by atoms with E-state index in [1.54, 1.807) is 0 Å². The molecule has 0 saturated carbocycles. The molecule has 5 heteroatoms. The van der Waals surface area contributed by atoms with Crippen LogP contribution in [-0.4, -0.2) is 32.0 Å². The summed E-state index contributed by atoms with van der Waals surface area (Å²) in [7, 11) is 0. The van der Waals surface area contributed by atoms with Gasteiger partial charge in [-0.15, -0.1) is 0 Å². The number of hydrogen-bond donors (Lipinski definition) is 0. The molecule has 28 heavy (non-hydrogen) atoms. The van der Waals surface area contributed by atoms with Gasteiger partial charge in [-0.2, -0.15) is 0 Å². The molecule has 3 heterocycles. The van der Waals surface area contributed by atoms with Gasteiger partial charge in [0, 0.05) is 18.2 Å². The Hall–Kier alpha value is -2.92.